The molecular formula is C18H36O6S. The summed E-state index contributed by atoms with van der Waals surface area (Å²) in [5.74, 6) is 0.0901. The number of aliphatic hydroxyl groups excluding tert-OH is 1. The van der Waals surface area contributed by atoms with E-state index in [1.807, 2.05) is 0 Å². The highest BCUT2D eigenvalue weighted by atomic mass is 32.2. The van der Waals surface area contributed by atoms with Gasteiger partial charge in [-0.2, -0.15) is 8.42 Å². The molecule has 25 heavy (non-hydrogen) atoms. The highest BCUT2D eigenvalue weighted by Gasteiger charge is 2.32. The molecule has 0 aliphatic carbocycles. The first kappa shape index (κ1) is 24.3. The average Bonchev–Trinajstić information content (AvgIpc) is 2.52. The largest absolute Gasteiger partial charge is 0.463 e. The molecule has 0 heterocycles. The van der Waals surface area contributed by atoms with Crippen LogP contribution in [0.25, 0.3) is 0 Å². The summed E-state index contributed by atoms with van der Waals surface area (Å²) in [5, 5.41) is 9.61. The molecule has 0 spiro atoms. The lowest BCUT2D eigenvalue weighted by atomic mass is 10.1. The Morgan fingerprint density at radius 3 is 1.80 bits per heavy atom. The number of hydrogen-bond acceptors (Lipinski definition) is 6. The van der Waals surface area contributed by atoms with Crippen LogP contribution in [0.5, 0.6) is 0 Å². The number of aliphatic hydroxyl groups is 1. The van der Waals surface area contributed by atoms with Crippen molar-refractivity contribution in [3.8, 4) is 0 Å². The molecule has 0 aromatic carbocycles. The Morgan fingerprint density at radius 2 is 1.32 bits per heavy atom. The molecule has 6 nitrogen and oxygen atoms in total. The van der Waals surface area contributed by atoms with Gasteiger partial charge in [-0.05, 0) is 24.7 Å². The van der Waals surface area contributed by atoms with Crippen LogP contribution in [-0.2, 0) is 23.8 Å². The van der Waals surface area contributed by atoms with Gasteiger partial charge in [-0.3, -0.25) is 4.18 Å². The summed E-state index contributed by atoms with van der Waals surface area (Å²) in [4.78, 5) is 11.6. The molecule has 1 unspecified atom stereocenters. The Kier molecular flexibility index (Phi) is 13.2. The lowest BCUT2D eigenvalue weighted by Crippen LogP contribution is -2.33. The first-order valence-electron chi connectivity index (χ1n) is 9.39. The molecule has 7 heteroatoms. The fourth-order valence-electron chi connectivity index (χ4n) is 2.26. The molecule has 0 bridgehead atoms. The number of carbonyl (C=O) groups excluding carboxylic acids is 1. The van der Waals surface area contributed by atoms with Crippen LogP contribution in [0.3, 0.4) is 0 Å². The molecule has 1 N–H and O–H groups in total. The zero-order valence-corrected chi connectivity index (χ0v) is 17.0. The second-order valence-electron chi connectivity index (χ2n) is 7.32. The van der Waals surface area contributed by atoms with Crippen LogP contribution in [0.4, 0.5) is 0 Å². The van der Waals surface area contributed by atoms with Crippen LogP contribution in [0.2, 0.25) is 0 Å². The van der Waals surface area contributed by atoms with Crippen LogP contribution >= 0.6 is 0 Å². The second-order valence-corrected chi connectivity index (χ2v) is 8.99. The van der Waals surface area contributed by atoms with Crippen LogP contribution < -0.4 is 0 Å². The number of unbranched alkanes of at least 4 members (excludes halogenated alkanes) is 4. The molecule has 1 atom stereocenters. The summed E-state index contributed by atoms with van der Waals surface area (Å²) < 4.78 is 33.0. The van der Waals surface area contributed by atoms with Gasteiger partial charge in [0.25, 0.3) is 5.44 Å². The monoisotopic (exact) mass is 380 g/mol. The first-order valence-corrected chi connectivity index (χ1v) is 10.9. The van der Waals surface area contributed by atoms with Crippen LogP contribution in [0.15, 0.2) is 0 Å². The molecule has 0 aliphatic rings. The molecule has 0 rings (SSSR count). The summed E-state index contributed by atoms with van der Waals surface area (Å²) in [7, 11) is -4.34. The number of hydrogen-bond donors (Lipinski definition) is 1. The van der Waals surface area contributed by atoms with E-state index >= 15 is 0 Å². The topological polar surface area (TPSA) is 89.9 Å². The number of carbonyl (C=O) groups is 1. The van der Waals surface area contributed by atoms with Crippen molar-refractivity contribution in [2.75, 3.05) is 13.2 Å². The third-order valence-corrected chi connectivity index (χ3v) is 5.05. The summed E-state index contributed by atoms with van der Waals surface area (Å²) in [6.07, 6.45) is 7.21. The zero-order chi connectivity index (χ0) is 19.3. The minimum absolute atomic E-state index is 0.0278. The Bertz CT molecular complexity index is 444. The molecule has 0 radical (unpaired) electrons. The second kappa shape index (κ2) is 13.5. The highest BCUT2D eigenvalue weighted by Crippen LogP contribution is 2.11. The minimum Gasteiger partial charge on any atom is -0.463 e. The van der Waals surface area contributed by atoms with Gasteiger partial charge in [0.15, 0.2) is 0 Å². The van der Waals surface area contributed by atoms with Crippen molar-refractivity contribution >= 4 is 16.1 Å². The lowest BCUT2D eigenvalue weighted by molar-refractivity contribution is -0.149. The van der Waals surface area contributed by atoms with Crippen molar-refractivity contribution in [3.63, 3.8) is 0 Å². The molecule has 0 saturated heterocycles. The Morgan fingerprint density at radius 1 is 0.840 bits per heavy atom. The van der Waals surface area contributed by atoms with Crippen molar-refractivity contribution in [1.29, 1.82) is 0 Å². The molecule has 0 aromatic rings. The molecule has 150 valence electrons. The maximum atomic E-state index is 11.7. The molecule has 0 fully saturated rings. The van der Waals surface area contributed by atoms with Crippen LogP contribution in [0, 0.1) is 11.8 Å². The summed E-state index contributed by atoms with van der Waals surface area (Å²) in [6.45, 7) is 8.64. The Hall–Kier alpha value is -0.660. The zero-order valence-electron chi connectivity index (χ0n) is 16.2. The van der Waals surface area contributed by atoms with E-state index in [2.05, 4.69) is 27.7 Å². The normalized spacial score (nSPS) is 13.4. The van der Waals surface area contributed by atoms with E-state index in [0.717, 1.165) is 38.5 Å². The summed E-state index contributed by atoms with van der Waals surface area (Å²) in [5.41, 5.74) is -2.26. The molecule has 0 aliphatic heterocycles. The van der Waals surface area contributed by atoms with E-state index in [4.69, 9.17) is 8.92 Å². The van der Waals surface area contributed by atoms with Crippen molar-refractivity contribution in [2.24, 2.45) is 11.8 Å². The summed E-state index contributed by atoms with van der Waals surface area (Å²) in [6, 6.07) is 0. The molecular weight excluding hydrogens is 344 g/mol. The van der Waals surface area contributed by atoms with E-state index in [1.165, 1.54) is 0 Å². The van der Waals surface area contributed by atoms with Gasteiger partial charge in [-0.25, -0.2) is 4.79 Å². The SMILES string of the molecule is CC(C)CCCCCOC(=O)C(O)S(=O)(=O)OCCCCCC(C)C. The van der Waals surface area contributed by atoms with Crippen molar-refractivity contribution in [3.05, 3.63) is 0 Å². The Balaban J connectivity index is 3.91. The van der Waals surface area contributed by atoms with E-state index in [0.29, 0.717) is 24.7 Å². The van der Waals surface area contributed by atoms with Crippen molar-refractivity contribution in [1.82, 2.24) is 0 Å². The van der Waals surface area contributed by atoms with Gasteiger partial charge >= 0.3 is 16.1 Å². The van der Waals surface area contributed by atoms with E-state index in [1.54, 1.807) is 0 Å². The van der Waals surface area contributed by atoms with Crippen LogP contribution in [0.1, 0.15) is 79.1 Å². The maximum Gasteiger partial charge on any atom is 0.353 e. The Labute approximate surface area is 153 Å². The maximum absolute atomic E-state index is 11.7. The third-order valence-electron chi connectivity index (χ3n) is 3.82. The standard InChI is InChI=1S/C18H36O6S/c1-15(2)11-7-5-9-13-23-17(19)18(20)25(21,22)24-14-10-6-8-12-16(3)4/h15-16,18,20H,5-14H2,1-4H3. The highest BCUT2D eigenvalue weighted by molar-refractivity contribution is 7.87. The van der Waals surface area contributed by atoms with E-state index < -0.39 is 21.5 Å². The molecule has 0 saturated carbocycles. The average molecular weight is 381 g/mol. The number of rotatable bonds is 15. The fraction of sp³-hybridized carbons (Fsp3) is 0.944. The van der Waals surface area contributed by atoms with Crippen molar-refractivity contribution < 1.29 is 27.2 Å². The van der Waals surface area contributed by atoms with Gasteiger partial charge < -0.3 is 9.84 Å². The predicted molar refractivity (Wildman–Crippen MR) is 98.4 cm³/mol. The quantitative estimate of drug-likeness (QED) is 0.265. The number of ether oxygens (including phenoxy) is 1. The van der Waals surface area contributed by atoms with Crippen molar-refractivity contribution in [2.45, 2.75) is 84.5 Å². The third kappa shape index (κ3) is 13.2. The fourth-order valence-corrected chi connectivity index (χ4v) is 3.05. The van der Waals surface area contributed by atoms with Gasteiger partial charge in [-0.15, -0.1) is 0 Å². The smallest absolute Gasteiger partial charge is 0.353 e. The van der Waals surface area contributed by atoms with E-state index in [-0.39, 0.29) is 13.2 Å². The molecule has 0 aromatic heterocycles. The van der Waals surface area contributed by atoms with Gasteiger partial charge in [-0.1, -0.05) is 66.2 Å². The van der Waals surface area contributed by atoms with Gasteiger partial charge in [0.1, 0.15) is 0 Å². The van der Waals surface area contributed by atoms with Crippen LogP contribution in [-0.4, -0.2) is 38.1 Å². The van der Waals surface area contributed by atoms with Gasteiger partial charge in [0.05, 0.1) is 13.2 Å². The lowest BCUT2D eigenvalue weighted by Gasteiger charge is -2.12. The first-order chi connectivity index (χ1) is 11.7. The minimum atomic E-state index is -4.34. The van der Waals surface area contributed by atoms with Gasteiger partial charge in [0.2, 0.25) is 0 Å². The van der Waals surface area contributed by atoms with Gasteiger partial charge in [0, 0.05) is 0 Å². The summed E-state index contributed by atoms with van der Waals surface area (Å²) >= 11 is 0. The van der Waals surface area contributed by atoms with E-state index in [9.17, 15) is 18.3 Å². The predicted octanol–water partition coefficient (Wildman–Crippen LogP) is 3.63. The molecule has 0 amide bonds. The number of esters is 1.